The molecule has 1 atom stereocenters. The molecular weight excluding hydrogens is 326 g/mol. The molecule has 1 heterocycles. The highest BCUT2D eigenvalue weighted by atomic mass is 16.4. The van der Waals surface area contributed by atoms with E-state index in [1.165, 1.54) is 0 Å². The molecule has 1 N–H and O–H groups in total. The van der Waals surface area contributed by atoms with Crippen LogP contribution in [0.5, 0.6) is 0 Å². The molecule has 0 spiro atoms. The van der Waals surface area contributed by atoms with Crippen LogP contribution < -0.4 is 5.32 Å². The third-order valence-corrected chi connectivity index (χ3v) is 4.30. The summed E-state index contributed by atoms with van der Waals surface area (Å²) in [5, 5.41) is 2.98. The van der Waals surface area contributed by atoms with Gasteiger partial charge in [-0.3, -0.25) is 4.79 Å². The van der Waals surface area contributed by atoms with Gasteiger partial charge < -0.3 is 14.6 Å². The van der Waals surface area contributed by atoms with Crippen LogP contribution in [0, 0.1) is 6.92 Å². The van der Waals surface area contributed by atoms with Crippen molar-refractivity contribution < 1.29 is 9.21 Å². The quantitative estimate of drug-likeness (QED) is 0.737. The van der Waals surface area contributed by atoms with E-state index in [0.29, 0.717) is 23.9 Å². The summed E-state index contributed by atoms with van der Waals surface area (Å²) in [4.78, 5) is 19.1. The number of amides is 1. The first-order valence-electron chi connectivity index (χ1n) is 8.58. The van der Waals surface area contributed by atoms with Gasteiger partial charge >= 0.3 is 0 Å². The number of carbonyl (C=O) groups excluding carboxylic acids is 1. The lowest BCUT2D eigenvalue weighted by atomic mass is 10.1. The van der Waals surface area contributed by atoms with Crippen LogP contribution in [0.2, 0.25) is 0 Å². The van der Waals surface area contributed by atoms with Gasteiger partial charge in [-0.2, -0.15) is 0 Å². The molecule has 0 aliphatic heterocycles. The number of rotatable bonds is 6. The number of nitrogens with zero attached hydrogens (tertiary/aromatic N) is 2. The first-order valence-corrected chi connectivity index (χ1v) is 8.58. The minimum atomic E-state index is -0.226. The highest BCUT2D eigenvalue weighted by Gasteiger charge is 2.20. The second-order valence-corrected chi connectivity index (χ2v) is 6.39. The van der Waals surface area contributed by atoms with Crippen LogP contribution in [0.3, 0.4) is 0 Å². The Labute approximate surface area is 153 Å². The normalized spacial score (nSPS) is 12.2. The van der Waals surface area contributed by atoms with Crippen molar-refractivity contribution in [2.24, 2.45) is 0 Å². The first-order chi connectivity index (χ1) is 12.6. The number of benzene rings is 2. The summed E-state index contributed by atoms with van der Waals surface area (Å²) in [6, 6.07) is 19.8. The van der Waals surface area contributed by atoms with E-state index in [1.54, 1.807) is 6.92 Å². The maximum atomic E-state index is 12.6. The van der Waals surface area contributed by atoms with Crippen LogP contribution in [0.1, 0.15) is 27.9 Å². The molecule has 3 aromatic rings. The number of nitrogens with one attached hydrogen (secondary N) is 1. The second kappa shape index (κ2) is 7.97. The van der Waals surface area contributed by atoms with Gasteiger partial charge in [-0.05, 0) is 38.7 Å². The molecule has 1 amide bonds. The molecule has 5 nitrogen and oxygen atoms in total. The Morgan fingerprint density at radius 1 is 1.08 bits per heavy atom. The van der Waals surface area contributed by atoms with Crippen molar-refractivity contribution in [3.8, 4) is 11.5 Å². The van der Waals surface area contributed by atoms with E-state index in [2.05, 4.69) is 27.3 Å². The Bertz CT molecular complexity index is 857. The molecule has 0 saturated carbocycles. The summed E-state index contributed by atoms with van der Waals surface area (Å²) in [6.07, 6.45) is 0. The summed E-state index contributed by atoms with van der Waals surface area (Å²) < 4.78 is 5.68. The van der Waals surface area contributed by atoms with Crippen molar-refractivity contribution in [3.05, 3.63) is 77.7 Å². The predicted octanol–water partition coefficient (Wildman–Crippen LogP) is 3.68. The average molecular weight is 349 g/mol. The van der Waals surface area contributed by atoms with E-state index in [-0.39, 0.29) is 11.9 Å². The van der Waals surface area contributed by atoms with Gasteiger partial charge in [0.2, 0.25) is 5.89 Å². The lowest BCUT2D eigenvalue weighted by Gasteiger charge is -2.25. The molecule has 0 aliphatic carbocycles. The van der Waals surface area contributed by atoms with Crippen LogP contribution in [-0.4, -0.2) is 36.4 Å². The Morgan fingerprint density at radius 2 is 1.69 bits per heavy atom. The number of oxazole rings is 1. The average Bonchev–Trinajstić information content (AvgIpc) is 3.05. The van der Waals surface area contributed by atoms with Crippen LogP contribution in [0.25, 0.3) is 11.5 Å². The molecule has 0 saturated heterocycles. The van der Waals surface area contributed by atoms with E-state index in [0.717, 1.165) is 11.1 Å². The number of hydrogen-bond acceptors (Lipinski definition) is 4. The summed E-state index contributed by atoms with van der Waals surface area (Å²) >= 11 is 0. The summed E-state index contributed by atoms with van der Waals surface area (Å²) in [5.41, 5.74) is 2.33. The Kier molecular flexibility index (Phi) is 5.49. The predicted molar refractivity (Wildman–Crippen MR) is 102 cm³/mol. The zero-order chi connectivity index (χ0) is 18.5. The molecule has 134 valence electrons. The zero-order valence-electron chi connectivity index (χ0n) is 15.3. The highest BCUT2D eigenvalue weighted by Crippen LogP contribution is 2.22. The van der Waals surface area contributed by atoms with Gasteiger partial charge in [-0.15, -0.1) is 0 Å². The Balaban J connectivity index is 1.73. The van der Waals surface area contributed by atoms with E-state index in [9.17, 15) is 4.79 Å². The minimum Gasteiger partial charge on any atom is -0.441 e. The van der Waals surface area contributed by atoms with Crippen LogP contribution >= 0.6 is 0 Å². The van der Waals surface area contributed by atoms with E-state index >= 15 is 0 Å². The van der Waals surface area contributed by atoms with Crippen molar-refractivity contribution >= 4 is 5.91 Å². The maximum absolute atomic E-state index is 12.6. The monoisotopic (exact) mass is 349 g/mol. The molecular formula is C21H23N3O2. The fourth-order valence-electron chi connectivity index (χ4n) is 2.86. The summed E-state index contributed by atoms with van der Waals surface area (Å²) in [7, 11) is 4.00. The molecule has 0 fully saturated rings. The molecule has 0 aliphatic rings. The molecule has 2 aromatic carbocycles. The molecule has 5 heteroatoms. The smallest absolute Gasteiger partial charge is 0.273 e. The number of likely N-dealkylation sites (N-methyl/N-ethyl adjacent to an activating group) is 1. The maximum Gasteiger partial charge on any atom is 0.273 e. The van der Waals surface area contributed by atoms with Crippen LogP contribution in [0.15, 0.2) is 65.1 Å². The third kappa shape index (κ3) is 4.00. The summed E-state index contributed by atoms with van der Waals surface area (Å²) in [6.45, 7) is 2.25. The van der Waals surface area contributed by atoms with E-state index in [4.69, 9.17) is 4.42 Å². The molecule has 1 aromatic heterocycles. The van der Waals surface area contributed by atoms with Gasteiger partial charge in [-0.1, -0.05) is 48.5 Å². The largest absolute Gasteiger partial charge is 0.441 e. The molecule has 26 heavy (non-hydrogen) atoms. The first kappa shape index (κ1) is 17.9. The number of carbonyl (C=O) groups is 1. The zero-order valence-corrected chi connectivity index (χ0v) is 15.3. The van der Waals surface area contributed by atoms with Crippen molar-refractivity contribution in [2.45, 2.75) is 13.0 Å². The molecule has 0 bridgehead atoms. The Hall–Kier alpha value is -2.92. The second-order valence-electron chi connectivity index (χ2n) is 6.39. The fourth-order valence-corrected chi connectivity index (χ4v) is 2.86. The van der Waals surface area contributed by atoms with Crippen LogP contribution in [0.4, 0.5) is 0 Å². The summed E-state index contributed by atoms with van der Waals surface area (Å²) in [5.74, 6) is 0.749. The van der Waals surface area contributed by atoms with E-state index < -0.39 is 0 Å². The number of hydrogen-bond donors (Lipinski definition) is 1. The molecule has 0 radical (unpaired) electrons. The fraction of sp³-hybridized carbons (Fsp3) is 0.238. The van der Waals surface area contributed by atoms with Gasteiger partial charge in [0, 0.05) is 12.1 Å². The van der Waals surface area contributed by atoms with Gasteiger partial charge in [0.05, 0.1) is 6.04 Å². The number of aromatic nitrogens is 1. The molecule has 3 rings (SSSR count). The van der Waals surface area contributed by atoms with E-state index in [1.807, 2.05) is 62.6 Å². The third-order valence-electron chi connectivity index (χ3n) is 4.30. The van der Waals surface area contributed by atoms with Crippen molar-refractivity contribution in [1.29, 1.82) is 0 Å². The highest BCUT2D eigenvalue weighted by molar-refractivity contribution is 5.93. The van der Waals surface area contributed by atoms with Crippen molar-refractivity contribution in [1.82, 2.24) is 15.2 Å². The van der Waals surface area contributed by atoms with Crippen molar-refractivity contribution in [3.63, 3.8) is 0 Å². The lowest BCUT2D eigenvalue weighted by Crippen LogP contribution is -2.34. The minimum absolute atomic E-state index is 0.0842. The topological polar surface area (TPSA) is 58.4 Å². The van der Waals surface area contributed by atoms with Gasteiger partial charge in [0.15, 0.2) is 5.69 Å². The SMILES string of the molecule is Cc1oc(-c2ccccc2)nc1C(=O)NC[C@@H](c1ccccc1)N(C)C. The van der Waals surface area contributed by atoms with Crippen molar-refractivity contribution in [2.75, 3.05) is 20.6 Å². The number of aryl methyl sites for hydroxylation is 1. The van der Waals surface area contributed by atoms with Gasteiger partial charge in [0.1, 0.15) is 5.76 Å². The molecule has 0 unspecified atom stereocenters. The Morgan fingerprint density at radius 3 is 2.31 bits per heavy atom. The lowest BCUT2D eigenvalue weighted by molar-refractivity contribution is 0.0936. The van der Waals surface area contributed by atoms with Crippen LogP contribution in [-0.2, 0) is 0 Å². The van der Waals surface area contributed by atoms with Gasteiger partial charge in [-0.25, -0.2) is 4.98 Å². The van der Waals surface area contributed by atoms with Gasteiger partial charge in [0.25, 0.3) is 5.91 Å². The standard InChI is InChI=1S/C21H23N3O2/c1-15-19(23-21(26-15)17-12-8-5-9-13-17)20(25)22-14-18(24(2)3)16-10-6-4-7-11-16/h4-13,18H,14H2,1-3H3,(H,22,25)/t18-/m0/s1.